The lowest BCUT2D eigenvalue weighted by atomic mass is 9.98. The number of hydrogen-bond donors (Lipinski definition) is 1. The lowest BCUT2D eigenvalue weighted by molar-refractivity contribution is -0.120. The number of ether oxygens (including phenoxy) is 1. The van der Waals surface area contributed by atoms with E-state index in [1.165, 1.54) is 4.31 Å². The van der Waals surface area contributed by atoms with Gasteiger partial charge in [0.05, 0.1) is 23.0 Å². The van der Waals surface area contributed by atoms with Crippen molar-refractivity contribution in [1.29, 1.82) is 0 Å². The van der Waals surface area contributed by atoms with Crippen LogP contribution in [0.15, 0.2) is 47.4 Å². The minimum Gasteiger partial charge on any atom is -0.462 e. The zero-order chi connectivity index (χ0) is 22.6. The zero-order valence-electron chi connectivity index (χ0n) is 18.1. The van der Waals surface area contributed by atoms with Crippen LogP contribution in [0.2, 0.25) is 0 Å². The third-order valence-electron chi connectivity index (χ3n) is 5.42. The monoisotopic (exact) mass is 444 g/mol. The molecule has 0 aromatic heterocycles. The van der Waals surface area contributed by atoms with Gasteiger partial charge in [-0.15, -0.1) is 0 Å². The molecule has 0 radical (unpaired) electrons. The van der Waals surface area contributed by atoms with E-state index in [1.54, 1.807) is 49.4 Å². The number of nitrogens with one attached hydrogen (secondary N) is 1. The van der Waals surface area contributed by atoms with Gasteiger partial charge in [-0.2, -0.15) is 4.31 Å². The summed E-state index contributed by atoms with van der Waals surface area (Å²) < 4.78 is 32.4. The van der Waals surface area contributed by atoms with Crippen molar-refractivity contribution < 1.29 is 22.7 Å². The molecule has 7 nitrogen and oxygen atoms in total. The van der Waals surface area contributed by atoms with Crippen LogP contribution in [0.1, 0.15) is 41.3 Å². The SMILES string of the molecule is CCOC(=O)c1ccc(C)c(NC(=O)C2CCCN(S(=O)(=O)c3ccc(C)cc3)C2)c1. The molecule has 31 heavy (non-hydrogen) atoms. The fourth-order valence-corrected chi connectivity index (χ4v) is 5.09. The molecule has 2 aromatic carbocycles. The Balaban J connectivity index is 1.73. The summed E-state index contributed by atoms with van der Waals surface area (Å²) in [5.74, 6) is -1.18. The summed E-state index contributed by atoms with van der Waals surface area (Å²) in [6.07, 6.45) is 1.20. The lowest BCUT2D eigenvalue weighted by Crippen LogP contribution is -2.43. The predicted octanol–water partition coefficient (Wildman–Crippen LogP) is 3.52. The Morgan fingerprint density at radius 2 is 1.84 bits per heavy atom. The van der Waals surface area contributed by atoms with Crippen LogP contribution in [0, 0.1) is 19.8 Å². The third kappa shape index (κ3) is 5.32. The van der Waals surface area contributed by atoms with Gasteiger partial charge in [0.25, 0.3) is 0 Å². The molecule has 1 N–H and O–H groups in total. The summed E-state index contributed by atoms with van der Waals surface area (Å²) in [6.45, 7) is 6.24. The van der Waals surface area contributed by atoms with E-state index in [9.17, 15) is 18.0 Å². The molecule has 1 aliphatic rings. The number of hydrogen-bond acceptors (Lipinski definition) is 5. The Kier molecular flexibility index (Phi) is 7.12. The average Bonchev–Trinajstić information content (AvgIpc) is 2.75. The number of nitrogens with zero attached hydrogens (tertiary/aromatic N) is 1. The van der Waals surface area contributed by atoms with Gasteiger partial charge in [-0.1, -0.05) is 23.8 Å². The topological polar surface area (TPSA) is 92.8 Å². The molecule has 1 atom stereocenters. The van der Waals surface area contributed by atoms with Crippen molar-refractivity contribution >= 4 is 27.6 Å². The first-order valence-electron chi connectivity index (χ1n) is 10.4. The third-order valence-corrected chi connectivity index (χ3v) is 7.30. The van der Waals surface area contributed by atoms with Crippen LogP contribution in [0.5, 0.6) is 0 Å². The summed E-state index contributed by atoms with van der Waals surface area (Å²) in [5.41, 5.74) is 2.67. The second kappa shape index (κ2) is 9.62. The van der Waals surface area contributed by atoms with Crippen molar-refractivity contribution in [3.05, 3.63) is 59.2 Å². The van der Waals surface area contributed by atoms with Crippen molar-refractivity contribution in [3.8, 4) is 0 Å². The van der Waals surface area contributed by atoms with E-state index in [0.717, 1.165) is 11.1 Å². The summed E-state index contributed by atoms with van der Waals surface area (Å²) in [6, 6.07) is 11.7. The zero-order valence-corrected chi connectivity index (χ0v) is 18.9. The van der Waals surface area contributed by atoms with Gasteiger partial charge in [0, 0.05) is 18.8 Å². The second-order valence-electron chi connectivity index (χ2n) is 7.75. The summed E-state index contributed by atoms with van der Waals surface area (Å²) in [4.78, 5) is 25.2. The van der Waals surface area contributed by atoms with E-state index < -0.39 is 21.9 Å². The molecule has 1 aliphatic heterocycles. The molecule has 1 heterocycles. The van der Waals surface area contributed by atoms with Crippen LogP contribution in [0.3, 0.4) is 0 Å². The number of amides is 1. The standard InChI is InChI=1S/C23H28N2O5S/c1-4-30-23(27)18-10-9-17(3)21(14-18)24-22(26)19-6-5-13-25(15-19)31(28,29)20-11-7-16(2)8-12-20/h7-12,14,19H,4-6,13,15H2,1-3H3,(H,24,26). The van der Waals surface area contributed by atoms with Crippen molar-refractivity contribution in [1.82, 2.24) is 4.31 Å². The van der Waals surface area contributed by atoms with Gasteiger partial charge in [-0.25, -0.2) is 13.2 Å². The fourth-order valence-electron chi connectivity index (χ4n) is 3.57. The first kappa shape index (κ1) is 23.0. The molecular weight excluding hydrogens is 416 g/mol. The van der Waals surface area contributed by atoms with E-state index in [0.29, 0.717) is 30.6 Å². The molecule has 1 unspecified atom stereocenters. The number of sulfonamides is 1. The first-order valence-corrected chi connectivity index (χ1v) is 11.8. The predicted molar refractivity (Wildman–Crippen MR) is 118 cm³/mol. The maximum absolute atomic E-state index is 13.0. The molecule has 166 valence electrons. The summed E-state index contributed by atoms with van der Waals surface area (Å²) in [5, 5.41) is 2.87. The molecule has 0 bridgehead atoms. The van der Waals surface area contributed by atoms with Crippen molar-refractivity contribution in [3.63, 3.8) is 0 Å². The first-order chi connectivity index (χ1) is 14.7. The van der Waals surface area contributed by atoms with Crippen LogP contribution in [0.25, 0.3) is 0 Å². The van der Waals surface area contributed by atoms with Crippen LogP contribution >= 0.6 is 0 Å². The minimum atomic E-state index is -3.66. The molecular formula is C23H28N2O5S. The summed E-state index contributed by atoms with van der Waals surface area (Å²) >= 11 is 0. The number of carbonyl (C=O) groups is 2. The van der Waals surface area contributed by atoms with E-state index >= 15 is 0 Å². The Hall–Kier alpha value is -2.71. The Labute approximate surface area is 183 Å². The number of benzene rings is 2. The van der Waals surface area contributed by atoms with Gasteiger partial charge < -0.3 is 10.1 Å². The molecule has 2 aromatic rings. The molecule has 1 amide bonds. The van der Waals surface area contributed by atoms with Crippen LogP contribution < -0.4 is 5.32 Å². The molecule has 1 fully saturated rings. The van der Waals surface area contributed by atoms with Gasteiger partial charge in [0.1, 0.15) is 0 Å². The number of anilines is 1. The molecule has 3 rings (SSSR count). The Bertz CT molecular complexity index is 1060. The van der Waals surface area contributed by atoms with Crippen LogP contribution in [-0.2, 0) is 19.6 Å². The molecule has 0 saturated carbocycles. The minimum absolute atomic E-state index is 0.124. The Morgan fingerprint density at radius 3 is 2.52 bits per heavy atom. The maximum Gasteiger partial charge on any atom is 0.338 e. The highest BCUT2D eigenvalue weighted by Crippen LogP contribution is 2.26. The van der Waals surface area contributed by atoms with E-state index in [4.69, 9.17) is 4.74 Å². The van der Waals surface area contributed by atoms with Crippen molar-refractivity contribution in [2.45, 2.75) is 38.5 Å². The highest BCUT2D eigenvalue weighted by molar-refractivity contribution is 7.89. The fraction of sp³-hybridized carbons (Fsp3) is 0.391. The van der Waals surface area contributed by atoms with Gasteiger partial charge >= 0.3 is 5.97 Å². The van der Waals surface area contributed by atoms with Crippen LogP contribution in [0.4, 0.5) is 5.69 Å². The van der Waals surface area contributed by atoms with Crippen LogP contribution in [-0.4, -0.2) is 44.3 Å². The van der Waals surface area contributed by atoms with Crippen molar-refractivity contribution in [2.24, 2.45) is 5.92 Å². The largest absolute Gasteiger partial charge is 0.462 e. The van der Waals surface area contributed by atoms with E-state index in [-0.39, 0.29) is 24.0 Å². The molecule has 1 saturated heterocycles. The maximum atomic E-state index is 13.0. The average molecular weight is 445 g/mol. The highest BCUT2D eigenvalue weighted by Gasteiger charge is 2.33. The highest BCUT2D eigenvalue weighted by atomic mass is 32.2. The Morgan fingerprint density at radius 1 is 1.13 bits per heavy atom. The number of rotatable bonds is 6. The number of esters is 1. The van der Waals surface area contributed by atoms with E-state index in [2.05, 4.69) is 5.32 Å². The summed E-state index contributed by atoms with van der Waals surface area (Å²) in [7, 11) is -3.66. The quantitative estimate of drug-likeness (QED) is 0.688. The normalized spacial score (nSPS) is 17.2. The lowest BCUT2D eigenvalue weighted by Gasteiger charge is -2.31. The molecule has 8 heteroatoms. The van der Waals surface area contributed by atoms with Gasteiger partial charge in [0.15, 0.2) is 0 Å². The van der Waals surface area contributed by atoms with Gasteiger partial charge in [-0.3, -0.25) is 4.79 Å². The van der Waals surface area contributed by atoms with E-state index in [1.807, 2.05) is 13.8 Å². The number of aryl methyl sites for hydroxylation is 2. The number of carbonyl (C=O) groups excluding carboxylic acids is 2. The van der Waals surface area contributed by atoms with Gasteiger partial charge in [0.2, 0.25) is 15.9 Å². The second-order valence-corrected chi connectivity index (χ2v) is 9.69. The molecule has 0 aliphatic carbocycles. The van der Waals surface area contributed by atoms with Gasteiger partial charge in [-0.05, 0) is 63.4 Å². The smallest absolute Gasteiger partial charge is 0.338 e. The number of piperidine rings is 1. The molecule has 0 spiro atoms. The van der Waals surface area contributed by atoms with Crippen molar-refractivity contribution in [2.75, 3.05) is 25.0 Å².